The predicted octanol–water partition coefficient (Wildman–Crippen LogP) is 1.77. The average Bonchev–Trinajstić information content (AvgIpc) is 3.30. The van der Waals surface area contributed by atoms with Gasteiger partial charge in [-0.25, -0.2) is 9.48 Å². The summed E-state index contributed by atoms with van der Waals surface area (Å²) in [6.45, 7) is 1.54. The van der Waals surface area contributed by atoms with Gasteiger partial charge in [-0.1, -0.05) is 6.07 Å². The van der Waals surface area contributed by atoms with Gasteiger partial charge in [-0.05, 0) is 37.3 Å². The van der Waals surface area contributed by atoms with E-state index >= 15 is 0 Å². The molecule has 2 heterocycles. The van der Waals surface area contributed by atoms with Crippen molar-refractivity contribution in [1.29, 1.82) is 0 Å². The maximum atomic E-state index is 12.5. The number of nitrogens with zero attached hydrogens (tertiary/aromatic N) is 4. The van der Waals surface area contributed by atoms with E-state index in [0.29, 0.717) is 11.4 Å². The molecule has 1 atom stereocenters. The third kappa shape index (κ3) is 4.06. The first-order chi connectivity index (χ1) is 13.3. The van der Waals surface area contributed by atoms with Crippen molar-refractivity contribution in [3.63, 3.8) is 0 Å². The number of carbonyl (C=O) groups is 3. The number of hydrogen-bond donors (Lipinski definition) is 3. The molecule has 0 aliphatic rings. The molecule has 2 amide bonds. The van der Waals surface area contributed by atoms with Crippen LogP contribution in [0.3, 0.4) is 0 Å². The van der Waals surface area contributed by atoms with Crippen molar-refractivity contribution in [3.8, 4) is 0 Å². The van der Waals surface area contributed by atoms with Gasteiger partial charge < -0.3 is 15.7 Å². The summed E-state index contributed by atoms with van der Waals surface area (Å²) in [5.41, 5.74) is 1.11. The molecule has 0 aliphatic carbocycles. The average molecular weight is 382 g/mol. The summed E-state index contributed by atoms with van der Waals surface area (Å²) in [6.07, 6.45) is 2.98. The van der Waals surface area contributed by atoms with E-state index in [1.165, 1.54) is 16.9 Å². The Bertz CT molecular complexity index is 1040. The second-order valence-corrected chi connectivity index (χ2v) is 6.04. The zero-order valence-electron chi connectivity index (χ0n) is 15.2. The van der Waals surface area contributed by atoms with Crippen molar-refractivity contribution in [3.05, 3.63) is 60.2 Å². The van der Waals surface area contributed by atoms with E-state index in [4.69, 9.17) is 5.11 Å². The number of nitrogens with one attached hydrogen (secondary N) is 2. The number of rotatable bonds is 6. The highest BCUT2D eigenvalue weighted by molar-refractivity contribution is 6.03. The van der Waals surface area contributed by atoms with Gasteiger partial charge >= 0.3 is 5.97 Å². The molecule has 0 bridgehead atoms. The Morgan fingerprint density at radius 3 is 2.46 bits per heavy atom. The van der Waals surface area contributed by atoms with Crippen LogP contribution >= 0.6 is 0 Å². The Hall–Kier alpha value is -3.95. The molecule has 3 aromatic rings. The fraction of sp³-hybridized carbons (Fsp3) is 0.167. The number of aryl methyl sites for hydroxylation is 1. The Labute approximate surface area is 159 Å². The minimum atomic E-state index is -1.17. The van der Waals surface area contributed by atoms with Gasteiger partial charge in [-0.3, -0.25) is 14.3 Å². The number of amides is 2. The van der Waals surface area contributed by atoms with Crippen LogP contribution in [0.4, 0.5) is 11.4 Å². The number of carbonyl (C=O) groups excluding carboxylic acids is 2. The van der Waals surface area contributed by atoms with Gasteiger partial charge in [0.1, 0.15) is 11.7 Å². The van der Waals surface area contributed by atoms with Crippen LogP contribution in [0.15, 0.2) is 48.8 Å². The fourth-order valence-corrected chi connectivity index (χ4v) is 2.56. The molecule has 0 radical (unpaired) electrons. The van der Waals surface area contributed by atoms with Gasteiger partial charge in [0.2, 0.25) is 5.91 Å². The molecule has 0 saturated heterocycles. The van der Waals surface area contributed by atoms with Crippen LogP contribution in [0, 0.1) is 0 Å². The lowest BCUT2D eigenvalue weighted by atomic mass is 10.2. The first-order valence-corrected chi connectivity index (χ1v) is 8.34. The first kappa shape index (κ1) is 18.8. The number of carboxylic acid groups (broad SMARTS) is 1. The monoisotopic (exact) mass is 382 g/mol. The Morgan fingerprint density at radius 2 is 1.82 bits per heavy atom. The second kappa shape index (κ2) is 7.74. The lowest BCUT2D eigenvalue weighted by molar-refractivity contribution is -0.119. The minimum absolute atomic E-state index is 0.0842. The summed E-state index contributed by atoms with van der Waals surface area (Å²) in [6, 6.07) is 8.66. The molecule has 0 aliphatic heterocycles. The van der Waals surface area contributed by atoms with Crippen molar-refractivity contribution in [1.82, 2.24) is 19.6 Å². The molecule has 3 rings (SSSR count). The first-order valence-electron chi connectivity index (χ1n) is 8.34. The summed E-state index contributed by atoms with van der Waals surface area (Å²) in [7, 11) is 1.71. The number of anilines is 2. The van der Waals surface area contributed by atoms with Crippen LogP contribution in [-0.4, -0.2) is 42.5 Å². The minimum Gasteiger partial charge on any atom is -0.477 e. The SMILES string of the molecule is CC(C(=O)Nc1cccc(NC(=O)c2ccn(C)n2)c1)n1nccc1C(=O)O. The third-order valence-corrected chi connectivity index (χ3v) is 3.97. The van der Waals surface area contributed by atoms with Crippen LogP contribution < -0.4 is 10.6 Å². The number of benzene rings is 1. The number of hydrogen-bond acceptors (Lipinski definition) is 5. The van der Waals surface area contributed by atoms with Gasteiger partial charge in [-0.2, -0.15) is 10.2 Å². The summed E-state index contributed by atoms with van der Waals surface area (Å²) >= 11 is 0. The molecular weight excluding hydrogens is 364 g/mol. The van der Waals surface area contributed by atoms with E-state index < -0.39 is 17.9 Å². The van der Waals surface area contributed by atoms with Crippen molar-refractivity contribution in [2.75, 3.05) is 10.6 Å². The standard InChI is InChI=1S/C18H18N6O4/c1-11(24-15(18(27)28)6-8-19-24)16(25)20-12-4-3-5-13(10-12)21-17(26)14-7-9-23(2)22-14/h3-11H,1-2H3,(H,20,25)(H,21,26)(H,27,28). The summed E-state index contributed by atoms with van der Waals surface area (Å²) in [4.78, 5) is 35.9. The highest BCUT2D eigenvalue weighted by atomic mass is 16.4. The largest absolute Gasteiger partial charge is 0.477 e. The molecule has 0 spiro atoms. The predicted molar refractivity (Wildman–Crippen MR) is 100 cm³/mol. The highest BCUT2D eigenvalue weighted by Gasteiger charge is 2.21. The molecular formula is C18H18N6O4. The topological polar surface area (TPSA) is 131 Å². The normalized spacial score (nSPS) is 11.6. The van der Waals surface area contributed by atoms with Crippen LogP contribution in [0.25, 0.3) is 0 Å². The molecule has 1 unspecified atom stereocenters. The summed E-state index contributed by atoms with van der Waals surface area (Å²) in [5.74, 6) is -1.99. The van der Waals surface area contributed by atoms with Crippen LogP contribution in [-0.2, 0) is 11.8 Å². The maximum absolute atomic E-state index is 12.5. The second-order valence-electron chi connectivity index (χ2n) is 6.04. The number of aromatic nitrogens is 4. The molecule has 10 heteroatoms. The highest BCUT2D eigenvalue weighted by Crippen LogP contribution is 2.18. The van der Waals surface area contributed by atoms with Crippen molar-refractivity contribution in [2.45, 2.75) is 13.0 Å². The maximum Gasteiger partial charge on any atom is 0.354 e. The third-order valence-electron chi connectivity index (χ3n) is 3.97. The van der Waals surface area contributed by atoms with Crippen molar-refractivity contribution in [2.24, 2.45) is 7.05 Å². The zero-order valence-corrected chi connectivity index (χ0v) is 15.2. The smallest absolute Gasteiger partial charge is 0.354 e. The van der Waals surface area contributed by atoms with Crippen molar-refractivity contribution >= 4 is 29.2 Å². The van der Waals surface area contributed by atoms with E-state index in [-0.39, 0.29) is 17.3 Å². The van der Waals surface area contributed by atoms with Crippen molar-refractivity contribution < 1.29 is 19.5 Å². The molecule has 2 aromatic heterocycles. The van der Waals surface area contributed by atoms with E-state index in [1.54, 1.807) is 50.5 Å². The number of carboxylic acids is 1. The van der Waals surface area contributed by atoms with Gasteiger partial charge in [0.25, 0.3) is 5.91 Å². The quantitative estimate of drug-likeness (QED) is 0.595. The lowest BCUT2D eigenvalue weighted by Gasteiger charge is -2.15. The molecule has 144 valence electrons. The number of aromatic carboxylic acids is 1. The molecule has 10 nitrogen and oxygen atoms in total. The Balaban J connectivity index is 1.70. The van der Waals surface area contributed by atoms with Gasteiger partial charge in [-0.15, -0.1) is 0 Å². The van der Waals surface area contributed by atoms with E-state index in [9.17, 15) is 14.4 Å². The molecule has 0 saturated carbocycles. The molecule has 28 heavy (non-hydrogen) atoms. The van der Waals surface area contributed by atoms with Gasteiger partial charge in [0, 0.05) is 30.8 Å². The lowest BCUT2D eigenvalue weighted by Crippen LogP contribution is -2.26. The van der Waals surface area contributed by atoms with E-state index in [1.807, 2.05) is 0 Å². The summed E-state index contributed by atoms with van der Waals surface area (Å²) in [5, 5.41) is 22.5. The van der Waals surface area contributed by atoms with Gasteiger partial charge in [0.15, 0.2) is 5.69 Å². The van der Waals surface area contributed by atoms with Crippen LogP contribution in [0.1, 0.15) is 33.9 Å². The van der Waals surface area contributed by atoms with E-state index in [0.717, 1.165) is 4.68 Å². The van der Waals surface area contributed by atoms with Crippen LogP contribution in [0.2, 0.25) is 0 Å². The van der Waals surface area contributed by atoms with Crippen LogP contribution in [0.5, 0.6) is 0 Å². The Kier molecular flexibility index (Phi) is 5.21. The molecule has 1 aromatic carbocycles. The Morgan fingerprint density at radius 1 is 1.11 bits per heavy atom. The zero-order chi connectivity index (χ0) is 20.3. The molecule has 3 N–H and O–H groups in total. The van der Waals surface area contributed by atoms with Gasteiger partial charge in [0.05, 0.1) is 0 Å². The summed E-state index contributed by atoms with van der Waals surface area (Å²) < 4.78 is 2.65. The van der Waals surface area contributed by atoms with E-state index in [2.05, 4.69) is 20.8 Å². The molecule has 0 fully saturated rings. The fourth-order valence-electron chi connectivity index (χ4n) is 2.56.